The van der Waals surface area contributed by atoms with Gasteiger partial charge in [-0.15, -0.1) is 0 Å². The van der Waals surface area contributed by atoms with Crippen LogP contribution in [-0.4, -0.2) is 10.00 Å². The van der Waals surface area contributed by atoms with Crippen LogP contribution >= 0.6 is 8.03 Å². The molecule has 0 fully saturated rings. The van der Waals surface area contributed by atoms with Gasteiger partial charge in [0, 0.05) is 0 Å². The van der Waals surface area contributed by atoms with Crippen LogP contribution in [0.4, 0.5) is 0 Å². The van der Waals surface area contributed by atoms with Gasteiger partial charge in [-0.25, -0.2) is 0 Å². The summed E-state index contributed by atoms with van der Waals surface area (Å²) < 4.78 is 10.4. The Morgan fingerprint density at radius 1 is 1.36 bits per heavy atom. The third-order valence-electron chi connectivity index (χ3n) is 1.35. The fourth-order valence-corrected chi connectivity index (χ4v) is 1.26. The van der Waals surface area contributed by atoms with Crippen molar-refractivity contribution in [3.63, 3.8) is 0 Å². The molecule has 0 aliphatic heterocycles. The second-order valence-corrected chi connectivity index (χ2v) is 3.37. The average molecular weight is 173 g/mol. The molecule has 0 saturated carbocycles. The fraction of sp³-hybridized carbons (Fsp3) is 0.143. The van der Waals surface area contributed by atoms with Crippen LogP contribution in [0, 0.1) is 0 Å². The summed E-state index contributed by atoms with van der Waals surface area (Å²) in [5.41, 5.74) is 0.485. The standard InChI is InChI=1S/C7H9O3P/c8-7(11(9)10)6-4-2-1-3-5-6/h1-5,7-8,11H,(H,9,10)/p+1. The lowest BCUT2D eigenvalue weighted by Crippen LogP contribution is -1.89. The molecule has 0 aromatic heterocycles. The number of benzene rings is 1. The highest BCUT2D eigenvalue weighted by Gasteiger charge is 2.10. The van der Waals surface area contributed by atoms with Gasteiger partial charge in [-0.1, -0.05) is 30.3 Å². The lowest BCUT2D eigenvalue weighted by molar-refractivity contribution is 0.243. The maximum atomic E-state index is 10.4. The maximum Gasteiger partial charge on any atom is 1.00 e. The van der Waals surface area contributed by atoms with E-state index >= 15 is 0 Å². The van der Waals surface area contributed by atoms with Gasteiger partial charge in [-0.05, 0) is 5.56 Å². The first-order chi connectivity index (χ1) is 5.22. The molecular weight excluding hydrogens is 163 g/mol. The van der Waals surface area contributed by atoms with Gasteiger partial charge in [0.05, 0.1) is 0 Å². The molecule has 0 bridgehead atoms. The molecule has 0 aliphatic carbocycles. The molecule has 2 atom stereocenters. The summed E-state index contributed by atoms with van der Waals surface area (Å²) >= 11 is 0. The molecule has 1 aromatic rings. The summed E-state index contributed by atoms with van der Waals surface area (Å²) in [7, 11) is -2.86. The highest BCUT2D eigenvalue weighted by Crippen LogP contribution is 2.34. The molecule has 2 unspecified atom stereocenters. The SMILES string of the molecule is O=[PH](O)C(O)c1ccccc1.[H+]. The minimum atomic E-state index is -2.86. The Balaban J connectivity index is 0.00000121. The Labute approximate surface area is 66.7 Å². The van der Waals surface area contributed by atoms with E-state index in [2.05, 4.69) is 0 Å². The monoisotopic (exact) mass is 173 g/mol. The zero-order valence-corrected chi connectivity index (χ0v) is 6.77. The van der Waals surface area contributed by atoms with E-state index in [1.807, 2.05) is 0 Å². The van der Waals surface area contributed by atoms with E-state index in [0.717, 1.165) is 0 Å². The largest absolute Gasteiger partial charge is 1.00 e. The van der Waals surface area contributed by atoms with Crippen molar-refractivity contribution in [2.45, 2.75) is 5.85 Å². The number of aliphatic hydroxyl groups excluding tert-OH is 1. The van der Waals surface area contributed by atoms with Crippen LogP contribution < -0.4 is 0 Å². The molecule has 0 heterocycles. The summed E-state index contributed by atoms with van der Waals surface area (Å²) in [6, 6.07) is 8.43. The molecule has 0 radical (unpaired) electrons. The van der Waals surface area contributed by atoms with Gasteiger partial charge >= 0.3 is 1.43 Å². The van der Waals surface area contributed by atoms with Crippen molar-refractivity contribution in [3.05, 3.63) is 35.9 Å². The van der Waals surface area contributed by atoms with Crippen LogP contribution in [0.5, 0.6) is 0 Å². The molecule has 60 valence electrons. The van der Waals surface area contributed by atoms with Crippen LogP contribution in [0.15, 0.2) is 30.3 Å². The Kier molecular flexibility index (Phi) is 2.83. The van der Waals surface area contributed by atoms with Crippen molar-refractivity contribution in [2.24, 2.45) is 0 Å². The Morgan fingerprint density at radius 3 is 2.36 bits per heavy atom. The van der Waals surface area contributed by atoms with Crippen LogP contribution in [0.3, 0.4) is 0 Å². The molecule has 0 saturated heterocycles. The third-order valence-corrected chi connectivity index (χ3v) is 2.15. The number of hydrogen-bond acceptors (Lipinski definition) is 2. The van der Waals surface area contributed by atoms with Crippen LogP contribution in [0.25, 0.3) is 0 Å². The van der Waals surface area contributed by atoms with E-state index in [1.54, 1.807) is 30.3 Å². The smallest absolute Gasteiger partial charge is 0.378 e. The lowest BCUT2D eigenvalue weighted by Gasteiger charge is -2.04. The molecule has 2 N–H and O–H groups in total. The van der Waals surface area contributed by atoms with E-state index < -0.39 is 13.9 Å². The zero-order chi connectivity index (χ0) is 8.27. The molecule has 3 nitrogen and oxygen atoms in total. The maximum absolute atomic E-state index is 10.4. The van der Waals surface area contributed by atoms with Gasteiger partial charge in [-0.2, -0.15) is 0 Å². The van der Waals surface area contributed by atoms with Crippen molar-refractivity contribution in [2.75, 3.05) is 0 Å². The predicted octanol–water partition coefficient (Wildman–Crippen LogP) is 1.26. The third kappa shape index (κ3) is 2.15. The van der Waals surface area contributed by atoms with Crippen molar-refractivity contribution < 1.29 is 16.0 Å². The highest BCUT2D eigenvalue weighted by atomic mass is 31.1. The van der Waals surface area contributed by atoms with E-state index in [-0.39, 0.29) is 1.43 Å². The number of rotatable bonds is 2. The summed E-state index contributed by atoms with van der Waals surface area (Å²) in [6.45, 7) is 0. The first kappa shape index (κ1) is 8.47. The van der Waals surface area contributed by atoms with Gasteiger partial charge in [0.15, 0.2) is 5.85 Å². The molecule has 1 aromatic carbocycles. The van der Waals surface area contributed by atoms with Crippen LogP contribution in [0.2, 0.25) is 0 Å². The van der Waals surface area contributed by atoms with Gasteiger partial charge < -0.3 is 10.00 Å². The fourth-order valence-electron chi connectivity index (χ4n) is 0.778. The highest BCUT2D eigenvalue weighted by molar-refractivity contribution is 7.38. The number of hydrogen-bond donors (Lipinski definition) is 2. The van der Waals surface area contributed by atoms with Gasteiger partial charge in [-0.3, -0.25) is 4.57 Å². The topological polar surface area (TPSA) is 57.5 Å². The second kappa shape index (κ2) is 3.67. The van der Waals surface area contributed by atoms with Crippen molar-refractivity contribution in [3.8, 4) is 0 Å². The minimum absolute atomic E-state index is 0. The van der Waals surface area contributed by atoms with E-state index in [4.69, 9.17) is 10.00 Å². The number of aliphatic hydroxyl groups is 1. The average Bonchev–Trinajstić information content (AvgIpc) is 2.05. The van der Waals surface area contributed by atoms with Gasteiger partial charge in [0.1, 0.15) is 0 Å². The molecule has 11 heavy (non-hydrogen) atoms. The van der Waals surface area contributed by atoms with Gasteiger partial charge in [0.25, 0.3) is 0 Å². The molecule has 0 aliphatic rings. The molecule has 0 amide bonds. The normalized spacial score (nSPS) is 15.8. The Morgan fingerprint density at radius 2 is 1.91 bits per heavy atom. The summed E-state index contributed by atoms with van der Waals surface area (Å²) in [5, 5.41) is 9.08. The first-order valence-corrected chi connectivity index (χ1v) is 4.61. The van der Waals surface area contributed by atoms with Crippen molar-refractivity contribution in [1.29, 1.82) is 0 Å². The summed E-state index contributed by atoms with van der Waals surface area (Å²) in [4.78, 5) is 8.57. The van der Waals surface area contributed by atoms with Crippen molar-refractivity contribution >= 4 is 8.03 Å². The van der Waals surface area contributed by atoms with Crippen molar-refractivity contribution in [1.82, 2.24) is 0 Å². The lowest BCUT2D eigenvalue weighted by atomic mass is 10.2. The Hall–Kier alpha value is -0.630. The molecule has 0 spiro atoms. The predicted molar refractivity (Wildman–Crippen MR) is 43.7 cm³/mol. The van der Waals surface area contributed by atoms with Crippen LogP contribution in [-0.2, 0) is 4.57 Å². The first-order valence-electron chi connectivity index (χ1n) is 3.17. The quantitative estimate of drug-likeness (QED) is 0.662. The van der Waals surface area contributed by atoms with Gasteiger partial charge in [0.2, 0.25) is 8.03 Å². The van der Waals surface area contributed by atoms with Crippen LogP contribution in [0.1, 0.15) is 12.8 Å². The molecule has 4 heteroatoms. The second-order valence-electron chi connectivity index (χ2n) is 2.15. The molecular formula is C7H10O3P+. The summed E-state index contributed by atoms with van der Waals surface area (Å²) in [5.74, 6) is -1.22. The van der Waals surface area contributed by atoms with E-state index in [1.165, 1.54) is 0 Å². The molecule has 1 rings (SSSR count). The zero-order valence-electron chi connectivity index (χ0n) is 6.77. The summed E-state index contributed by atoms with van der Waals surface area (Å²) in [6.07, 6.45) is 0. The van der Waals surface area contributed by atoms with E-state index in [0.29, 0.717) is 5.56 Å². The van der Waals surface area contributed by atoms with E-state index in [9.17, 15) is 4.57 Å². The minimum Gasteiger partial charge on any atom is -0.378 e. The Bertz CT molecular complexity index is 252.